The maximum atomic E-state index is 13.4. The molecule has 0 radical (unpaired) electrons. The monoisotopic (exact) mass is 334 g/mol. The number of ketones is 1. The first-order chi connectivity index (χ1) is 12.2. The Balaban J connectivity index is 1.92. The molecule has 0 aliphatic carbocycles. The second-order valence-corrected chi connectivity index (χ2v) is 5.25. The first-order valence-electron chi connectivity index (χ1n) is 7.59. The minimum absolute atomic E-state index is 0.233. The molecular formula is C20H15FN2O2. The van der Waals surface area contributed by atoms with Gasteiger partial charge < -0.3 is 14.7 Å². The van der Waals surface area contributed by atoms with Gasteiger partial charge in [-0.15, -0.1) is 6.42 Å². The van der Waals surface area contributed by atoms with Crippen LogP contribution < -0.4 is 5.32 Å². The minimum Gasteiger partial charge on any atom is -0.461 e. The average molecular weight is 334 g/mol. The summed E-state index contributed by atoms with van der Waals surface area (Å²) in [6.07, 6.45) is 8.15. The lowest BCUT2D eigenvalue weighted by Gasteiger charge is -2.07. The standard InChI is InChI=1S/C20H15FN2O2/c1-2-10-22-18(13-19(24)20-7-4-11-25-20)17-9-8-16(23-17)14-5-3-6-15(21)12-14/h1,3-9,11-13,22-23H,10H2/b18-13-. The van der Waals surface area contributed by atoms with Crippen LogP contribution in [0.15, 0.2) is 65.3 Å². The first-order valence-corrected chi connectivity index (χ1v) is 7.59. The molecule has 0 spiro atoms. The predicted molar refractivity (Wildman–Crippen MR) is 94.0 cm³/mol. The number of rotatable bonds is 6. The Kier molecular flexibility index (Phi) is 4.82. The number of halogens is 1. The van der Waals surface area contributed by atoms with Gasteiger partial charge in [0.15, 0.2) is 5.76 Å². The highest BCUT2D eigenvalue weighted by atomic mass is 19.1. The number of H-pyrrole nitrogens is 1. The fourth-order valence-electron chi connectivity index (χ4n) is 2.37. The molecule has 0 fully saturated rings. The van der Waals surface area contributed by atoms with Gasteiger partial charge >= 0.3 is 0 Å². The van der Waals surface area contributed by atoms with E-state index in [-0.39, 0.29) is 23.9 Å². The number of hydrogen-bond donors (Lipinski definition) is 2. The van der Waals surface area contributed by atoms with Crippen LogP contribution >= 0.6 is 0 Å². The number of benzene rings is 1. The first kappa shape index (κ1) is 16.3. The summed E-state index contributed by atoms with van der Waals surface area (Å²) in [5.74, 6) is 2.10. The molecule has 0 aliphatic heterocycles. The summed E-state index contributed by atoms with van der Waals surface area (Å²) >= 11 is 0. The molecule has 1 aromatic carbocycles. The largest absolute Gasteiger partial charge is 0.461 e. The molecule has 0 bridgehead atoms. The summed E-state index contributed by atoms with van der Waals surface area (Å²) < 4.78 is 18.5. The zero-order valence-corrected chi connectivity index (χ0v) is 13.3. The van der Waals surface area contributed by atoms with Crippen LogP contribution in [0.25, 0.3) is 17.0 Å². The van der Waals surface area contributed by atoms with E-state index in [4.69, 9.17) is 10.8 Å². The van der Waals surface area contributed by atoms with Gasteiger partial charge in [-0.05, 0) is 36.4 Å². The molecule has 0 atom stereocenters. The predicted octanol–water partition coefficient (Wildman–Crippen LogP) is 3.86. The molecule has 0 amide bonds. The average Bonchev–Trinajstić information content (AvgIpc) is 3.30. The smallest absolute Gasteiger partial charge is 0.223 e. The second-order valence-electron chi connectivity index (χ2n) is 5.25. The third kappa shape index (κ3) is 3.88. The third-order valence-corrected chi connectivity index (χ3v) is 3.53. The fraction of sp³-hybridized carbons (Fsp3) is 0.0500. The van der Waals surface area contributed by atoms with E-state index in [9.17, 15) is 9.18 Å². The summed E-state index contributed by atoms with van der Waals surface area (Å²) in [5, 5.41) is 3.01. The number of carbonyl (C=O) groups excluding carboxylic acids is 1. The summed E-state index contributed by atoms with van der Waals surface area (Å²) in [6, 6.07) is 13.1. The van der Waals surface area contributed by atoms with Gasteiger partial charge in [0, 0.05) is 17.3 Å². The molecule has 2 aromatic heterocycles. The Morgan fingerprint density at radius 2 is 2.16 bits per heavy atom. The third-order valence-electron chi connectivity index (χ3n) is 3.53. The van der Waals surface area contributed by atoms with Crippen LogP contribution in [0.1, 0.15) is 16.2 Å². The maximum Gasteiger partial charge on any atom is 0.223 e. The van der Waals surface area contributed by atoms with Crippen LogP contribution in [0.4, 0.5) is 4.39 Å². The lowest BCUT2D eigenvalue weighted by Crippen LogP contribution is -2.14. The van der Waals surface area contributed by atoms with Crippen molar-refractivity contribution in [2.75, 3.05) is 6.54 Å². The Morgan fingerprint density at radius 3 is 2.88 bits per heavy atom. The maximum absolute atomic E-state index is 13.4. The topological polar surface area (TPSA) is 58.0 Å². The van der Waals surface area contributed by atoms with Gasteiger partial charge in [0.05, 0.1) is 24.2 Å². The van der Waals surface area contributed by atoms with E-state index in [2.05, 4.69) is 16.2 Å². The molecule has 25 heavy (non-hydrogen) atoms. The zero-order valence-electron chi connectivity index (χ0n) is 13.3. The number of aromatic amines is 1. The number of nitrogens with one attached hydrogen (secondary N) is 2. The van der Waals surface area contributed by atoms with Crippen molar-refractivity contribution in [3.63, 3.8) is 0 Å². The Labute approximate surface area is 144 Å². The summed E-state index contributed by atoms with van der Waals surface area (Å²) in [6.45, 7) is 0.256. The van der Waals surface area contributed by atoms with Crippen LogP contribution in [-0.2, 0) is 0 Å². The second kappa shape index (κ2) is 7.37. The van der Waals surface area contributed by atoms with Crippen molar-refractivity contribution < 1.29 is 13.6 Å². The van der Waals surface area contributed by atoms with Crippen LogP contribution in [0.5, 0.6) is 0 Å². The van der Waals surface area contributed by atoms with Crippen molar-refractivity contribution in [1.82, 2.24) is 10.3 Å². The van der Waals surface area contributed by atoms with E-state index in [0.717, 1.165) is 5.69 Å². The molecular weight excluding hydrogens is 319 g/mol. The van der Waals surface area contributed by atoms with Crippen molar-refractivity contribution >= 4 is 11.5 Å². The molecule has 3 rings (SSSR count). The van der Waals surface area contributed by atoms with Crippen LogP contribution in [-0.4, -0.2) is 17.3 Å². The molecule has 3 aromatic rings. The highest BCUT2D eigenvalue weighted by molar-refractivity contribution is 6.06. The van der Waals surface area contributed by atoms with E-state index in [1.54, 1.807) is 30.3 Å². The number of terminal acetylenes is 1. The lowest BCUT2D eigenvalue weighted by molar-refractivity contribution is 0.102. The Hall–Kier alpha value is -3.52. The summed E-state index contributed by atoms with van der Waals surface area (Å²) in [4.78, 5) is 15.4. The molecule has 0 unspecified atom stereocenters. The van der Waals surface area contributed by atoms with Gasteiger partial charge in [0.25, 0.3) is 0 Å². The number of hydrogen-bond acceptors (Lipinski definition) is 3. The lowest BCUT2D eigenvalue weighted by atomic mass is 10.1. The quantitative estimate of drug-likeness (QED) is 0.409. The van der Waals surface area contributed by atoms with E-state index in [0.29, 0.717) is 17.0 Å². The van der Waals surface area contributed by atoms with E-state index in [1.807, 2.05) is 6.07 Å². The van der Waals surface area contributed by atoms with E-state index in [1.165, 1.54) is 24.5 Å². The van der Waals surface area contributed by atoms with Crippen LogP contribution in [0.3, 0.4) is 0 Å². The van der Waals surface area contributed by atoms with Gasteiger partial charge in [0.1, 0.15) is 5.82 Å². The van der Waals surface area contributed by atoms with Crippen LogP contribution in [0, 0.1) is 18.2 Å². The molecule has 0 saturated heterocycles. The van der Waals surface area contributed by atoms with Gasteiger partial charge in [0.2, 0.25) is 5.78 Å². The van der Waals surface area contributed by atoms with Crippen molar-refractivity contribution in [2.24, 2.45) is 0 Å². The minimum atomic E-state index is -0.317. The molecule has 5 heteroatoms. The number of carbonyl (C=O) groups is 1. The molecule has 124 valence electrons. The molecule has 2 N–H and O–H groups in total. The summed E-state index contributed by atoms with van der Waals surface area (Å²) in [5.41, 5.74) is 2.63. The van der Waals surface area contributed by atoms with E-state index < -0.39 is 0 Å². The number of aromatic nitrogens is 1. The van der Waals surface area contributed by atoms with Gasteiger partial charge in [-0.25, -0.2) is 4.39 Å². The van der Waals surface area contributed by atoms with Crippen molar-refractivity contribution in [3.05, 3.63) is 78.1 Å². The molecule has 0 aliphatic rings. The molecule has 0 saturated carbocycles. The molecule has 2 heterocycles. The molecule has 4 nitrogen and oxygen atoms in total. The number of furan rings is 1. The Morgan fingerprint density at radius 1 is 1.28 bits per heavy atom. The SMILES string of the molecule is C#CCN/C(=C\C(=O)c1ccco1)c1ccc(-c2cccc(F)c2)[nH]1. The number of allylic oxidation sites excluding steroid dienone is 1. The normalized spacial score (nSPS) is 11.1. The summed E-state index contributed by atoms with van der Waals surface area (Å²) in [7, 11) is 0. The van der Waals surface area contributed by atoms with Gasteiger partial charge in [-0.3, -0.25) is 4.79 Å². The highest BCUT2D eigenvalue weighted by Crippen LogP contribution is 2.22. The van der Waals surface area contributed by atoms with Gasteiger partial charge in [-0.1, -0.05) is 18.1 Å². The Bertz CT molecular complexity index is 946. The van der Waals surface area contributed by atoms with Crippen molar-refractivity contribution in [2.45, 2.75) is 0 Å². The van der Waals surface area contributed by atoms with Crippen molar-refractivity contribution in [3.8, 4) is 23.6 Å². The zero-order chi connectivity index (χ0) is 17.6. The fourth-order valence-corrected chi connectivity index (χ4v) is 2.37. The van der Waals surface area contributed by atoms with E-state index >= 15 is 0 Å². The highest BCUT2D eigenvalue weighted by Gasteiger charge is 2.11. The van der Waals surface area contributed by atoms with Crippen molar-refractivity contribution in [1.29, 1.82) is 0 Å². The van der Waals surface area contributed by atoms with Gasteiger partial charge in [-0.2, -0.15) is 0 Å². The van der Waals surface area contributed by atoms with Crippen LogP contribution in [0.2, 0.25) is 0 Å².